The van der Waals surface area contributed by atoms with Gasteiger partial charge in [-0.3, -0.25) is 10.1 Å². The Kier molecular flexibility index (Phi) is 2.47. The highest BCUT2D eigenvalue weighted by Gasteiger charge is 2.30. The third-order valence-electron chi connectivity index (χ3n) is 3.28. The molecule has 0 aliphatic heterocycles. The van der Waals surface area contributed by atoms with E-state index in [1.807, 2.05) is 29.8 Å². The summed E-state index contributed by atoms with van der Waals surface area (Å²) in [7, 11) is 3.50. The summed E-state index contributed by atoms with van der Waals surface area (Å²) in [5, 5.41) is 2.87. The normalized spacial score (nSPS) is 14.8. The summed E-state index contributed by atoms with van der Waals surface area (Å²) in [5.74, 6) is 1.53. The van der Waals surface area contributed by atoms with Crippen LogP contribution in [0, 0.1) is 5.92 Å². The van der Waals surface area contributed by atoms with Gasteiger partial charge in [0.2, 0.25) is 11.9 Å². The highest BCUT2D eigenvalue weighted by molar-refractivity contribution is 5.95. The van der Waals surface area contributed by atoms with Crippen molar-refractivity contribution >= 4 is 22.9 Å². The number of fused-ring (bicyclic) bond motifs is 1. The lowest BCUT2D eigenvalue weighted by atomic mass is 10.3. The quantitative estimate of drug-likeness (QED) is 0.899. The second-order valence-electron chi connectivity index (χ2n) is 4.59. The van der Waals surface area contributed by atoms with Gasteiger partial charge in [-0.25, -0.2) is 4.98 Å². The predicted molar refractivity (Wildman–Crippen MR) is 68.6 cm³/mol. The van der Waals surface area contributed by atoms with Gasteiger partial charge in [0.1, 0.15) is 11.3 Å². The number of anilines is 1. The first-order valence-electron chi connectivity index (χ1n) is 6.01. The summed E-state index contributed by atoms with van der Waals surface area (Å²) in [4.78, 5) is 16.2. The van der Waals surface area contributed by atoms with Crippen molar-refractivity contribution in [2.24, 2.45) is 13.0 Å². The second kappa shape index (κ2) is 4.01. The van der Waals surface area contributed by atoms with E-state index in [2.05, 4.69) is 10.3 Å². The van der Waals surface area contributed by atoms with Crippen molar-refractivity contribution < 1.29 is 9.53 Å². The molecule has 1 fully saturated rings. The third-order valence-corrected chi connectivity index (χ3v) is 3.28. The number of ether oxygens (including phenoxy) is 1. The fourth-order valence-corrected chi connectivity index (χ4v) is 2.02. The van der Waals surface area contributed by atoms with E-state index in [9.17, 15) is 4.79 Å². The Labute approximate surface area is 105 Å². The minimum absolute atomic E-state index is 0.0624. The average Bonchev–Trinajstić information content (AvgIpc) is 3.17. The maximum Gasteiger partial charge on any atom is 0.229 e. The first-order valence-corrected chi connectivity index (χ1v) is 6.01. The fraction of sp³-hybridized carbons (Fsp3) is 0.385. The van der Waals surface area contributed by atoms with Crippen molar-refractivity contribution in [2.45, 2.75) is 12.8 Å². The van der Waals surface area contributed by atoms with Crippen molar-refractivity contribution in [2.75, 3.05) is 12.4 Å². The number of benzene rings is 1. The van der Waals surface area contributed by atoms with E-state index in [0.29, 0.717) is 5.95 Å². The van der Waals surface area contributed by atoms with Gasteiger partial charge in [-0.2, -0.15) is 0 Å². The number of methoxy groups -OCH3 is 1. The number of carbonyl (C=O) groups excluding carboxylic acids is 1. The molecular formula is C13H15N3O2. The van der Waals surface area contributed by atoms with Crippen LogP contribution in [-0.4, -0.2) is 22.6 Å². The maximum absolute atomic E-state index is 11.8. The van der Waals surface area contributed by atoms with E-state index in [-0.39, 0.29) is 11.8 Å². The van der Waals surface area contributed by atoms with E-state index in [1.165, 1.54) is 0 Å². The topological polar surface area (TPSA) is 56.1 Å². The molecule has 1 aromatic carbocycles. The summed E-state index contributed by atoms with van der Waals surface area (Å²) >= 11 is 0. The van der Waals surface area contributed by atoms with Gasteiger partial charge in [-0.15, -0.1) is 0 Å². The number of rotatable bonds is 3. The Balaban J connectivity index is 2.01. The van der Waals surface area contributed by atoms with Gasteiger partial charge in [0.05, 0.1) is 12.6 Å². The monoisotopic (exact) mass is 245 g/mol. The van der Waals surface area contributed by atoms with Gasteiger partial charge >= 0.3 is 0 Å². The van der Waals surface area contributed by atoms with Gasteiger partial charge in [0, 0.05) is 13.0 Å². The fourth-order valence-electron chi connectivity index (χ4n) is 2.02. The van der Waals surface area contributed by atoms with Crippen LogP contribution in [0.3, 0.4) is 0 Å². The molecule has 94 valence electrons. The minimum atomic E-state index is 0.0624. The van der Waals surface area contributed by atoms with Crippen molar-refractivity contribution in [1.29, 1.82) is 0 Å². The van der Waals surface area contributed by atoms with Gasteiger partial charge in [-0.05, 0) is 25.0 Å². The third kappa shape index (κ3) is 1.72. The molecular weight excluding hydrogens is 230 g/mol. The van der Waals surface area contributed by atoms with E-state index in [0.717, 1.165) is 29.6 Å². The van der Waals surface area contributed by atoms with Crippen LogP contribution in [0.2, 0.25) is 0 Å². The van der Waals surface area contributed by atoms with Crippen LogP contribution in [0.25, 0.3) is 11.0 Å². The number of hydrogen-bond acceptors (Lipinski definition) is 3. The molecule has 0 radical (unpaired) electrons. The van der Waals surface area contributed by atoms with Crippen LogP contribution < -0.4 is 10.1 Å². The Morgan fingerprint density at radius 1 is 1.50 bits per heavy atom. The van der Waals surface area contributed by atoms with Crippen molar-refractivity contribution in [3.63, 3.8) is 0 Å². The van der Waals surface area contributed by atoms with Crippen molar-refractivity contribution in [3.05, 3.63) is 18.2 Å². The molecule has 0 spiro atoms. The van der Waals surface area contributed by atoms with Crippen LogP contribution in [0.15, 0.2) is 18.2 Å². The van der Waals surface area contributed by atoms with E-state index in [4.69, 9.17) is 4.74 Å². The molecule has 1 aliphatic carbocycles. The minimum Gasteiger partial charge on any atom is -0.494 e. The van der Waals surface area contributed by atoms with Crippen molar-refractivity contribution in [1.82, 2.24) is 9.55 Å². The number of imidazole rings is 1. The number of nitrogens with one attached hydrogen (secondary N) is 1. The maximum atomic E-state index is 11.8. The Morgan fingerprint density at radius 3 is 2.94 bits per heavy atom. The summed E-state index contributed by atoms with van der Waals surface area (Å²) in [6.07, 6.45) is 1.97. The van der Waals surface area contributed by atoms with E-state index < -0.39 is 0 Å². The zero-order valence-electron chi connectivity index (χ0n) is 10.4. The van der Waals surface area contributed by atoms with E-state index >= 15 is 0 Å². The molecule has 3 rings (SSSR count). The number of nitrogens with zero attached hydrogens (tertiary/aromatic N) is 2. The van der Waals surface area contributed by atoms with Crippen LogP contribution in [0.4, 0.5) is 5.95 Å². The molecule has 0 unspecified atom stereocenters. The molecule has 0 saturated heterocycles. The molecule has 5 nitrogen and oxygen atoms in total. The van der Waals surface area contributed by atoms with Crippen LogP contribution in [0.5, 0.6) is 5.75 Å². The standard InChI is InChI=1S/C13H15N3O2/c1-16-9-4-3-5-10(18-2)11(9)14-13(16)15-12(17)8-6-7-8/h3-5,8H,6-7H2,1-2H3,(H,14,15,17). The number of para-hydroxylation sites is 1. The van der Waals surface area contributed by atoms with Gasteiger partial charge in [0.25, 0.3) is 0 Å². The Bertz CT molecular complexity index is 614. The molecule has 1 saturated carbocycles. The zero-order valence-corrected chi connectivity index (χ0v) is 10.4. The largest absolute Gasteiger partial charge is 0.494 e. The average molecular weight is 245 g/mol. The molecule has 1 aliphatic rings. The van der Waals surface area contributed by atoms with Crippen LogP contribution >= 0.6 is 0 Å². The molecule has 0 bridgehead atoms. The summed E-state index contributed by atoms with van der Waals surface area (Å²) in [6.45, 7) is 0. The lowest BCUT2D eigenvalue weighted by Gasteiger charge is -2.03. The van der Waals surface area contributed by atoms with Gasteiger partial charge in [0.15, 0.2) is 0 Å². The first-order chi connectivity index (χ1) is 8.70. The summed E-state index contributed by atoms with van der Waals surface area (Å²) < 4.78 is 7.15. The summed E-state index contributed by atoms with van der Waals surface area (Å²) in [6, 6.07) is 5.73. The molecule has 18 heavy (non-hydrogen) atoms. The SMILES string of the molecule is COc1cccc2c1nc(NC(=O)C1CC1)n2C. The van der Waals surface area contributed by atoms with Gasteiger partial charge < -0.3 is 9.30 Å². The number of hydrogen-bond donors (Lipinski definition) is 1. The van der Waals surface area contributed by atoms with Crippen molar-refractivity contribution in [3.8, 4) is 5.75 Å². The number of amides is 1. The lowest BCUT2D eigenvalue weighted by Crippen LogP contribution is -2.16. The first kappa shape index (κ1) is 11.1. The summed E-state index contributed by atoms with van der Waals surface area (Å²) in [5.41, 5.74) is 1.72. The second-order valence-corrected chi connectivity index (χ2v) is 4.59. The molecule has 2 aromatic rings. The van der Waals surface area contributed by atoms with Crippen LogP contribution in [0.1, 0.15) is 12.8 Å². The highest BCUT2D eigenvalue weighted by Crippen LogP contribution is 2.31. The zero-order chi connectivity index (χ0) is 12.7. The predicted octanol–water partition coefficient (Wildman–Crippen LogP) is 1.93. The Hall–Kier alpha value is -2.04. The molecule has 1 N–H and O–H groups in total. The molecule has 1 amide bonds. The number of carbonyl (C=O) groups is 1. The highest BCUT2D eigenvalue weighted by atomic mass is 16.5. The smallest absolute Gasteiger partial charge is 0.229 e. The lowest BCUT2D eigenvalue weighted by molar-refractivity contribution is -0.117. The Morgan fingerprint density at radius 2 is 2.28 bits per heavy atom. The molecule has 1 aromatic heterocycles. The number of aryl methyl sites for hydroxylation is 1. The van der Waals surface area contributed by atoms with E-state index in [1.54, 1.807) is 7.11 Å². The molecule has 1 heterocycles. The van der Waals surface area contributed by atoms with Gasteiger partial charge in [-0.1, -0.05) is 6.07 Å². The number of aromatic nitrogens is 2. The van der Waals surface area contributed by atoms with Crippen LogP contribution in [-0.2, 0) is 11.8 Å². The molecule has 5 heteroatoms. The molecule has 0 atom stereocenters.